The zero-order valence-electron chi connectivity index (χ0n) is 6.11. The number of aliphatic hydroxyl groups excluding tert-OH is 2. The van der Waals surface area contributed by atoms with Crippen LogP contribution in [0.1, 0.15) is 0 Å². The number of ether oxygens (including phenoxy) is 2. The molecule has 1 fully saturated rings. The van der Waals surface area contributed by atoms with Gasteiger partial charge in [-0.25, -0.2) is 0 Å². The van der Waals surface area contributed by atoms with Crippen LogP contribution in [0.3, 0.4) is 0 Å². The normalized spacial score (nSPS) is 44.7. The van der Waals surface area contributed by atoms with Crippen molar-refractivity contribution in [3.63, 3.8) is 0 Å². The first-order valence-electron chi connectivity index (χ1n) is 3.32. The Balaban J connectivity index is 2.55. The molecule has 0 saturated carbocycles. The summed E-state index contributed by atoms with van der Waals surface area (Å²) >= 11 is 3.17. The number of rotatable bonds is 2. The van der Waals surface area contributed by atoms with Crippen molar-refractivity contribution in [2.24, 2.45) is 0 Å². The maximum atomic E-state index is 9.38. The molecule has 1 aliphatic rings. The van der Waals surface area contributed by atoms with Crippen molar-refractivity contribution in [1.29, 1.82) is 0 Å². The van der Waals surface area contributed by atoms with E-state index in [1.807, 2.05) is 0 Å². The maximum absolute atomic E-state index is 9.38. The molecule has 0 spiro atoms. The summed E-state index contributed by atoms with van der Waals surface area (Å²) in [6.07, 6.45) is -1.69. The second-order valence-corrected chi connectivity index (χ2v) is 3.30. The van der Waals surface area contributed by atoms with Crippen LogP contribution in [0, 0.1) is 0 Å². The van der Waals surface area contributed by atoms with Crippen LogP contribution in [-0.2, 0) is 9.47 Å². The van der Waals surface area contributed by atoms with Gasteiger partial charge in [0, 0.05) is 7.11 Å². The number of hydrogen-bond acceptors (Lipinski definition) is 4. The summed E-state index contributed by atoms with van der Waals surface area (Å²) in [4.78, 5) is 0. The molecule has 11 heavy (non-hydrogen) atoms. The first-order chi connectivity index (χ1) is 5.20. The zero-order valence-corrected chi connectivity index (χ0v) is 7.69. The van der Waals surface area contributed by atoms with Crippen LogP contribution in [-0.4, -0.2) is 47.3 Å². The average Bonchev–Trinajstić information content (AvgIpc) is 2.26. The van der Waals surface area contributed by atoms with Gasteiger partial charge in [-0.15, -0.1) is 0 Å². The molecule has 0 aliphatic carbocycles. The molecule has 0 aromatic heterocycles. The van der Waals surface area contributed by atoms with Crippen LogP contribution in [0.2, 0.25) is 0 Å². The number of hydrogen-bond donors (Lipinski definition) is 2. The van der Waals surface area contributed by atoms with Crippen molar-refractivity contribution in [1.82, 2.24) is 0 Å². The van der Waals surface area contributed by atoms with Gasteiger partial charge in [0.2, 0.25) is 0 Å². The Morgan fingerprint density at radius 3 is 2.55 bits per heavy atom. The van der Waals surface area contributed by atoms with Crippen LogP contribution in [0.4, 0.5) is 0 Å². The fourth-order valence-corrected chi connectivity index (χ4v) is 1.89. The quantitative estimate of drug-likeness (QED) is 0.623. The standard InChI is InChI=1S/C6H11BrO4/c1-10-5-4(9)3(2-8)11-6(5)7/h3-6,8-9H,2H2,1H3/t3-,4?,5?,6-/m1/s1. The fraction of sp³-hybridized carbons (Fsp3) is 1.00. The Kier molecular flexibility index (Phi) is 3.27. The third kappa shape index (κ3) is 1.73. The number of aliphatic hydroxyl groups is 2. The monoisotopic (exact) mass is 226 g/mol. The minimum Gasteiger partial charge on any atom is -0.394 e. The summed E-state index contributed by atoms with van der Waals surface area (Å²) < 4.78 is 10.1. The van der Waals surface area contributed by atoms with E-state index < -0.39 is 18.3 Å². The van der Waals surface area contributed by atoms with E-state index in [1.165, 1.54) is 7.11 Å². The van der Waals surface area contributed by atoms with Gasteiger partial charge >= 0.3 is 0 Å². The molecule has 0 aromatic carbocycles. The van der Waals surface area contributed by atoms with Crippen molar-refractivity contribution in [2.45, 2.75) is 23.3 Å². The molecule has 0 amide bonds. The Labute approximate surface area is 73.2 Å². The molecule has 0 radical (unpaired) electrons. The van der Waals surface area contributed by atoms with E-state index >= 15 is 0 Å². The van der Waals surface area contributed by atoms with Gasteiger partial charge in [0.25, 0.3) is 0 Å². The molecule has 1 rings (SSSR count). The first-order valence-corrected chi connectivity index (χ1v) is 4.23. The second-order valence-electron chi connectivity index (χ2n) is 2.40. The lowest BCUT2D eigenvalue weighted by Gasteiger charge is -2.14. The molecule has 1 heterocycles. The lowest BCUT2D eigenvalue weighted by molar-refractivity contribution is -0.0143. The first kappa shape index (κ1) is 9.41. The molecule has 5 heteroatoms. The Hall–Kier alpha value is 0.320. The van der Waals surface area contributed by atoms with Gasteiger partial charge in [0.1, 0.15) is 23.3 Å². The lowest BCUT2D eigenvalue weighted by Crippen LogP contribution is -2.34. The maximum Gasteiger partial charge on any atom is 0.141 e. The van der Waals surface area contributed by atoms with Crippen molar-refractivity contribution in [3.8, 4) is 0 Å². The highest BCUT2D eigenvalue weighted by Gasteiger charge is 2.42. The van der Waals surface area contributed by atoms with Crippen molar-refractivity contribution >= 4 is 15.9 Å². The average molecular weight is 227 g/mol. The van der Waals surface area contributed by atoms with E-state index in [4.69, 9.17) is 14.6 Å². The van der Waals surface area contributed by atoms with E-state index in [0.29, 0.717) is 0 Å². The molecule has 1 saturated heterocycles. The molecular weight excluding hydrogens is 216 g/mol. The third-order valence-electron chi connectivity index (χ3n) is 1.73. The minimum absolute atomic E-state index is 0.191. The highest BCUT2D eigenvalue weighted by molar-refractivity contribution is 9.09. The van der Waals surface area contributed by atoms with E-state index in [9.17, 15) is 5.11 Å². The van der Waals surface area contributed by atoms with Crippen molar-refractivity contribution in [3.05, 3.63) is 0 Å². The molecule has 2 unspecified atom stereocenters. The van der Waals surface area contributed by atoms with Crippen LogP contribution in [0.15, 0.2) is 0 Å². The summed E-state index contributed by atoms with van der Waals surface area (Å²) in [6.45, 7) is -0.191. The molecule has 0 aromatic rings. The minimum atomic E-state index is -0.755. The van der Waals surface area contributed by atoms with Crippen LogP contribution < -0.4 is 0 Å². The van der Waals surface area contributed by atoms with Crippen molar-refractivity contribution < 1.29 is 19.7 Å². The predicted molar refractivity (Wildman–Crippen MR) is 41.5 cm³/mol. The zero-order chi connectivity index (χ0) is 8.43. The van der Waals surface area contributed by atoms with Gasteiger partial charge in [-0.05, 0) is 0 Å². The van der Waals surface area contributed by atoms with Crippen molar-refractivity contribution in [2.75, 3.05) is 13.7 Å². The third-order valence-corrected chi connectivity index (χ3v) is 2.47. The van der Waals surface area contributed by atoms with Gasteiger partial charge < -0.3 is 19.7 Å². The topological polar surface area (TPSA) is 58.9 Å². The predicted octanol–water partition coefficient (Wildman–Crippen LogP) is -0.526. The van der Waals surface area contributed by atoms with Gasteiger partial charge in [-0.2, -0.15) is 0 Å². The van der Waals surface area contributed by atoms with Crippen LogP contribution >= 0.6 is 15.9 Å². The smallest absolute Gasteiger partial charge is 0.141 e. The summed E-state index contributed by atoms with van der Waals surface area (Å²) in [7, 11) is 1.49. The molecule has 4 atom stereocenters. The van der Waals surface area contributed by atoms with Gasteiger partial charge in [-0.1, -0.05) is 15.9 Å². The molecular formula is C6H11BrO4. The summed E-state index contributed by atoms with van der Waals surface area (Å²) in [5, 5.41) is 17.8. The van der Waals surface area contributed by atoms with Crippen LogP contribution in [0.25, 0.3) is 0 Å². The summed E-state index contributed by atoms with van der Waals surface area (Å²) in [5.74, 6) is 0. The molecule has 0 bridgehead atoms. The van der Waals surface area contributed by atoms with Gasteiger partial charge in [0.05, 0.1) is 6.61 Å². The summed E-state index contributed by atoms with van der Waals surface area (Å²) in [6, 6.07) is 0. The number of alkyl halides is 1. The van der Waals surface area contributed by atoms with E-state index in [1.54, 1.807) is 0 Å². The van der Waals surface area contributed by atoms with Crippen LogP contribution in [0.5, 0.6) is 0 Å². The van der Waals surface area contributed by atoms with Gasteiger partial charge in [0.15, 0.2) is 0 Å². The Bertz CT molecular complexity index is 132. The fourth-order valence-electron chi connectivity index (χ4n) is 1.09. The van der Waals surface area contributed by atoms with E-state index in [0.717, 1.165) is 0 Å². The molecule has 4 nitrogen and oxygen atoms in total. The van der Waals surface area contributed by atoms with E-state index in [-0.39, 0.29) is 11.6 Å². The number of methoxy groups -OCH3 is 1. The number of halogens is 1. The highest BCUT2D eigenvalue weighted by Crippen LogP contribution is 2.26. The SMILES string of the molecule is COC1C(O)[C@@H](CO)O[C@H]1Br. The highest BCUT2D eigenvalue weighted by atomic mass is 79.9. The Morgan fingerprint density at radius 2 is 2.27 bits per heavy atom. The molecule has 1 aliphatic heterocycles. The van der Waals surface area contributed by atoms with E-state index in [2.05, 4.69) is 15.9 Å². The molecule has 66 valence electrons. The largest absolute Gasteiger partial charge is 0.394 e. The van der Waals surface area contributed by atoms with Gasteiger partial charge in [-0.3, -0.25) is 0 Å². The second kappa shape index (κ2) is 3.82. The Morgan fingerprint density at radius 1 is 1.64 bits per heavy atom. The lowest BCUT2D eigenvalue weighted by atomic mass is 10.1. The molecule has 2 N–H and O–H groups in total. The summed E-state index contributed by atoms with van der Waals surface area (Å²) in [5.41, 5.74) is 0.